The number of amides is 5. The molecule has 1 unspecified atom stereocenters. The standard InChI is InChI=1S/C38H61N5O7S/c1-7-24-20-38(24,30(44)32(46)39-25-16-17-25)41-31(45)29-27-26(36(27,5)6)21-43(29)33(47)28(23-14-10-8-11-15-23)40-34(48)42-37(18-12-9-13-19-37)22-51(49,50)35(2,3)4/h23-29H,7-22H2,1-6H3,(H,39,46)(H,41,45)(H2,40,42,48)/t24?,26-,27-,28-,29-,38-/m0/s1. The Kier molecular flexibility index (Phi) is 10.2. The summed E-state index contributed by atoms with van der Waals surface area (Å²) in [6, 6.07) is -2.25. The van der Waals surface area contributed by atoms with Crippen LogP contribution in [0.2, 0.25) is 0 Å². The van der Waals surface area contributed by atoms with E-state index in [9.17, 15) is 32.4 Å². The van der Waals surface area contributed by atoms with E-state index in [0.717, 1.165) is 64.2 Å². The minimum absolute atomic E-state index is 0.0151. The number of urea groups is 1. The summed E-state index contributed by atoms with van der Waals surface area (Å²) in [6.45, 7) is 11.5. The summed E-state index contributed by atoms with van der Waals surface area (Å²) in [5, 5.41) is 11.9. The van der Waals surface area contributed by atoms with Crippen LogP contribution in [0, 0.1) is 29.1 Å². The lowest BCUT2D eigenvalue weighted by atomic mass is 9.82. The molecular formula is C38H61N5O7S. The van der Waals surface area contributed by atoms with Crippen molar-refractivity contribution in [1.29, 1.82) is 0 Å². The fraction of sp³-hybridized carbons (Fsp3) is 0.868. The van der Waals surface area contributed by atoms with Gasteiger partial charge in [0.25, 0.3) is 5.91 Å². The van der Waals surface area contributed by atoms with Crippen LogP contribution in [-0.4, -0.2) is 89.1 Å². The van der Waals surface area contributed by atoms with Crippen LogP contribution in [0.1, 0.15) is 131 Å². The lowest BCUT2D eigenvalue weighted by Gasteiger charge is -2.41. The van der Waals surface area contributed by atoms with Crippen LogP contribution in [0.15, 0.2) is 0 Å². The van der Waals surface area contributed by atoms with Gasteiger partial charge in [-0.05, 0) is 94.8 Å². The number of nitrogens with zero attached hydrogens (tertiary/aromatic N) is 1. The Morgan fingerprint density at radius 3 is 2.08 bits per heavy atom. The molecule has 12 nitrogen and oxygen atoms in total. The fourth-order valence-electron chi connectivity index (χ4n) is 9.66. The number of likely N-dealkylation sites (tertiary alicyclic amines) is 1. The molecule has 6 rings (SSSR count). The van der Waals surface area contributed by atoms with E-state index in [1.54, 1.807) is 25.7 Å². The van der Waals surface area contributed by atoms with E-state index >= 15 is 0 Å². The number of piperidine rings is 1. The van der Waals surface area contributed by atoms with Gasteiger partial charge in [0, 0.05) is 12.6 Å². The molecule has 4 N–H and O–H groups in total. The first-order valence-electron chi connectivity index (χ1n) is 19.6. The number of fused-ring (bicyclic) bond motifs is 1. The molecule has 6 aliphatic rings. The van der Waals surface area contributed by atoms with Crippen LogP contribution in [0.4, 0.5) is 4.79 Å². The van der Waals surface area contributed by atoms with Crippen molar-refractivity contribution in [2.24, 2.45) is 29.1 Å². The monoisotopic (exact) mass is 731 g/mol. The lowest BCUT2D eigenvalue weighted by Crippen LogP contribution is -2.63. The molecule has 0 aromatic rings. The van der Waals surface area contributed by atoms with Crippen molar-refractivity contribution >= 4 is 39.4 Å². The number of nitrogens with one attached hydrogen (secondary N) is 4. The van der Waals surface area contributed by atoms with Gasteiger partial charge in [0.05, 0.1) is 16.0 Å². The van der Waals surface area contributed by atoms with Gasteiger partial charge in [0.15, 0.2) is 9.84 Å². The highest BCUT2D eigenvalue weighted by Gasteiger charge is 2.71. The van der Waals surface area contributed by atoms with Crippen molar-refractivity contribution in [3.05, 3.63) is 0 Å². The Morgan fingerprint density at radius 2 is 1.51 bits per heavy atom. The van der Waals surface area contributed by atoms with E-state index in [0.29, 0.717) is 32.2 Å². The molecule has 5 aliphatic carbocycles. The molecule has 286 valence electrons. The maximum atomic E-state index is 14.8. The van der Waals surface area contributed by atoms with Crippen molar-refractivity contribution in [3.8, 4) is 0 Å². The number of carbonyl (C=O) groups is 5. The zero-order valence-corrected chi connectivity index (χ0v) is 32.4. The van der Waals surface area contributed by atoms with E-state index in [4.69, 9.17) is 0 Å². The summed E-state index contributed by atoms with van der Waals surface area (Å²) in [6.07, 6.45) is 10.8. The minimum Gasteiger partial charge on any atom is -0.347 e. The van der Waals surface area contributed by atoms with Crippen LogP contribution < -0.4 is 21.3 Å². The van der Waals surface area contributed by atoms with Gasteiger partial charge in [-0.1, -0.05) is 65.7 Å². The average molecular weight is 732 g/mol. The van der Waals surface area contributed by atoms with Crippen LogP contribution in [0.25, 0.3) is 0 Å². The predicted molar refractivity (Wildman–Crippen MR) is 193 cm³/mol. The van der Waals surface area contributed by atoms with Crippen molar-refractivity contribution < 1.29 is 32.4 Å². The normalized spacial score (nSPS) is 31.8. The van der Waals surface area contributed by atoms with Gasteiger partial charge in [-0.15, -0.1) is 0 Å². The highest BCUT2D eigenvalue weighted by atomic mass is 32.2. The van der Waals surface area contributed by atoms with Gasteiger partial charge in [0.1, 0.15) is 17.6 Å². The number of sulfone groups is 1. The Labute approximate surface area is 304 Å². The molecule has 0 spiro atoms. The second-order valence-corrected chi connectivity index (χ2v) is 21.2. The highest BCUT2D eigenvalue weighted by Crippen LogP contribution is 2.65. The Hall–Kier alpha value is -2.70. The van der Waals surface area contributed by atoms with E-state index < -0.39 is 61.4 Å². The van der Waals surface area contributed by atoms with Crippen LogP contribution in [-0.2, 0) is 29.0 Å². The topological polar surface area (TPSA) is 171 Å². The first-order chi connectivity index (χ1) is 23.9. The fourth-order valence-corrected chi connectivity index (χ4v) is 11.2. The summed E-state index contributed by atoms with van der Waals surface area (Å²) in [5.74, 6) is -2.44. The van der Waals surface area contributed by atoms with Gasteiger partial charge in [0.2, 0.25) is 17.6 Å². The number of carbonyl (C=O) groups excluding carboxylic acids is 5. The maximum absolute atomic E-state index is 14.8. The van der Waals surface area contributed by atoms with E-state index in [-0.39, 0.29) is 46.8 Å². The molecule has 6 atom stereocenters. The zero-order valence-electron chi connectivity index (χ0n) is 31.6. The third-order valence-electron chi connectivity index (χ3n) is 13.5. The quantitative estimate of drug-likeness (QED) is 0.222. The average Bonchev–Trinajstić information content (AvgIpc) is 4.02. The zero-order chi connectivity index (χ0) is 37.1. The number of hydrogen-bond acceptors (Lipinski definition) is 7. The highest BCUT2D eigenvalue weighted by molar-refractivity contribution is 7.92. The Bertz CT molecular complexity index is 1520. The molecule has 13 heteroatoms. The van der Waals surface area contributed by atoms with E-state index in [2.05, 4.69) is 35.1 Å². The molecule has 5 saturated carbocycles. The lowest BCUT2D eigenvalue weighted by molar-refractivity contribution is -0.145. The molecule has 5 amide bonds. The van der Waals surface area contributed by atoms with Gasteiger partial charge in [-0.2, -0.15) is 0 Å². The van der Waals surface area contributed by atoms with Gasteiger partial charge >= 0.3 is 6.03 Å². The first kappa shape index (κ1) is 38.0. The van der Waals surface area contributed by atoms with Crippen molar-refractivity contribution in [2.45, 2.75) is 165 Å². The molecule has 0 aromatic heterocycles. The molecule has 51 heavy (non-hydrogen) atoms. The molecule has 0 bridgehead atoms. The second kappa shape index (κ2) is 13.6. The number of rotatable bonds is 12. The van der Waals surface area contributed by atoms with Gasteiger partial charge < -0.3 is 26.2 Å². The van der Waals surface area contributed by atoms with E-state index in [1.165, 1.54) is 0 Å². The third kappa shape index (κ3) is 7.43. The molecule has 0 radical (unpaired) electrons. The molecule has 1 aliphatic heterocycles. The van der Waals surface area contributed by atoms with Crippen molar-refractivity contribution in [3.63, 3.8) is 0 Å². The smallest absolute Gasteiger partial charge is 0.315 e. The second-order valence-electron chi connectivity index (χ2n) is 18.4. The Balaban J connectivity index is 1.22. The molecule has 1 heterocycles. The van der Waals surface area contributed by atoms with Crippen LogP contribution >= 0.6 is 0 Å². The van der Waals surface area contributed by atoms with E-state index in [1.807, 2.05) is 6.92 Å². The SMILES string of the molecule is CCC1C[C@@]1(NC(=O)[C@@H]1[C@@H]2[C@H](CN1C(=O)[C@@H](NC(=O)NC1(CS(=O)(=O)C(C)(C)C)CCCCC1)C1CCCCC1)C2(C)C)C(=O)C(=O)NC1CC1. The first-order valence-corrected chi connectivity index (χ1v) is 21.3. The minimum atomic E-state index is -3.55. The third-order valence-corrected chi connectivity index (χ3v) is 16.3. The van der Waals surface area contributed by atoms with Crippen LogP contribution in [0.3, 0.4) is 0 Å². The summed E-state index contributed by atoms with van der Waals surface area (Å²) in [4.78, 5) is 71.1. The predicted octanol–water partition coefficient (Wildman–Crippen LogP) is 3.77. The molecule has 6 fully saturated rings. The van der Waals surface area contributed by atoms with Gasteiger partial charge in [-0.25, -0.2) is 13.2 Å². The molecule has 1 saturated heterocycles. The van der Waals surface area contributed by atoms with Gasteiger partial charge in [-0.3, -0.25) is 19.2 Å². The number of Topliss-reactive ketones (excluding diaryl/α,β-unsaturated/α-hetero) is 1. The Morgan fingerprint density at radius 1 is 0.882 bits per heavy atom. The molecular weight excluding hydrogens is 671 g/mol. The molecule has 0 aromatic carbocycles. The summed E-state index contributed by atoms with van der Waals surface area (Å²) in [5.41, 5.74) is -2.37. The summed E-state index contributed by atoms with van der Waals surface area (Å²) < 4.78 is 25.8. The maximum Gasteiger partial charge on any atom is 0.315 e. The number of ketones is 1. The van der Waals surface area contributed by atoms with Crippen LogP contribution in [0.5, 0.6) is 0 Å². The number of hydrogen-bond donors (Lipinski definition) is 4. The summed E-state index contributed by atoms with van der Waals surface area (Å²) >= 11 is 0. The summed E-state index contributed by atoms with van der Waals surface area (Å²) in [7, 11) is -3.55. The van der Waals surface area contributed by atoms with Crippen molar-refractivity contribution in [2.75, 3.05) is 12.3 Å². The van der Waals surface area contributed by atoms with Crippen molar-refractivity contribution in [1.82, 2.24) is 26.2 Å². The largest absolute Gasteiger partial charge is 0.347 e.